The van der Waals surface area contributed by atoms with Crippen LogP contribution in [0.4, 0.5) is 18.9 Å². The van der Waals surface area contributed by atoms with Gasteiger partial charge in [0.25, 0.3) is 5.91 Å². The highest BCUT2D eigenvalue weighted by Gasteiger charge is 2.41. The molecule has 0 aliphatic heterocycles. The molecule has 0 saturated carbocycles. The van der Waals surface area contributed by atoms with Crippen LogP contribution < -0.4 is 5.32 Å². The Morgan fingerprint density at radius 3 is 2.62 bits per heavy atom. The number of hydrogen-bond donors (Lipinski definition) is 1. The number of rotatable bonds is 4. The first kappa shape index (κ1) is 20.8. The van der Waals surface area contributed by atoms with Crippen molar-refractivity contribution in [1.29, 1.82) is 5.26 Å². The molecule has 1 amide bonds. The van der Waals surface area contributed by atoms with Crippen molar-refractivity contribution in [2.45, 2.75) is 6.18 Å². The van der Waals surface area contributed by atoms with Gasteiger partial charge in [-0.15, -0.1) is 4.80 Å². The Morgan fingerprint density at radius 2 is 1.88 bits per heavy atom. The largest absolute Gasteiger partial charge is 0.460 e. The minimum absolute atomic E-state index is 0.00210. The van der Waals surface area contributed by atoms with Gasteiger partial charge in [-0.2, -0.15) is 33.7 Å². The van der Waals surface area contributed by atoms with Crippen molar-refractivity contribution in [2.24, 2.45) is 0 Å². The number of carbonyl (C=O) groups is 1. The maximum atomic E-state index is 14.0. The SMILES string of the molecule is N#Cc1cc(NC(=O)c2cnn(-c3ccnc4ccoc34)c2C(F)(F)F)cnc1-n1nccn1. The van der Waals surface area contributed by atoms with Crippen molar-refractivity contribution in [2.75, 3.05) is 5.32 Å². The summed E-state index contributed by atoms with van der Waals surface area (Å²) in [5.74, 6) is -1.01. The highest BCUT2D eigenvalue weighted by atomic mass is 19.4. The van der Waals surface area contributed by atoms with Crippen LogP contribution in [0.15, 0.2) is 59.9 Å². The number of carbonyl (C=O) groups excluding carboxylic acids is 1. The van der Waals surface area contributed by atoms with E-state index in [1.54, 1.807) is 0 Å². The molecule has 168 valence electrons. The second-order valence-electron chi connectivity index (χ2n) is 6.76. The molecule has 14 heteroatoms. The van der Waals surface area contributed by atoms with Crippen LogP contribution >= 0.6 is 0 Å². The van der Waals surface area contributed by atoms with Gasteiger partial charge in [0.2, 0.25) is 0 Å². The van der Waals surface area contributed by atoms with Crippen LogP contribution in [0, 0.1) is 11.3 Å². The second kappa shape index (κ2) is 7.81. The van der Waals surface area contributed by atoms with Gasteiger partial charge in [-0.05, 0) is 12.1 Å². The average Bonchev–Trinajstić information content (AvgIpc) is 3.58. The maximum absolute atomic E-state index is 14.0. The van der Waals surface area contributed by atoms with Crippen LogP contribution in [-0.4, -0.2) is 40.6 Å². The quantitative estimate of drug-likeness (QED) is 0.427. The molecule has 0 saturated heterocycles. The molecule has 0 spiro atoms. The third kappa shape index (κ3) is 3.50. The molecule has 0 unspecified atom stereocenters. The summed E-state index contributed by atoms with van der Waals surface area (Å²) in [7, 11) is 0. The number of nitriles is 1. The zero-order chi connectivity index (χ0) is 23.9. The van der Waals surface area contributed by atoms with E-state index in [9.17, 15) is 23.2 Å². The summed E-state index contributed by atoms with van der Waals surface area (Å²) < 4.78 is 47.9. The van der Waals surface area contributed by atoms with E-state index in [1.165, 1.54) is 49.2 Å². The van der Waals surface area contributed by atoms with E-state index in [-0.39, 0.29) is 28.3 Å². The van der Waals surface area contributed by atoms with Crippen molar-refractivity contribution in [3.63, 3.8) is 0 Å². The Labute approximate surface area is 187 Å². The van der Waals surface area contributed by atoms with Gasteiger partial charge in [0.05, 0.1) is 42.3 Å². The molecule has 0 fully saturated rings. The fourth-order valence-electron chi connectivity index (χ4n) is 3.29. The van der Waals surface area contributed by atoms with E-state index < -0.39 is 23.3 Å². The summed E-state index contributed by atoms with van der Waals surface area (Å²) >= 11 is 0. The predicted molar refractivity (Wildman–Crippen MR) is 108 cm³/mol. The lowest BCUT2D eigenvalue weighted by molar-refractivity contribution is -0.143. The summed E-state index contributed by atoms with van der Waals surface area (Å²) in [6, 6.07) is 5.92. The fraction of sp³-hybridized carbons (Fsp3) is 0.0500. The van der Waals surface area contributed by atoms with E-state index in [4.69, 9.17) is 4.42 Å². The van der Waals surface area contributed by atoms with Crippen LogP contribution in [0.2, 0.25) is 0 Å². The zero-order valence-electron chi connectivity index (χ0n) is 16.7. The third-order valence-corrected chi connectivity index (χ3v) is 4.69. The number of halogens is 3. The van der Waals surface area contributed by atoms with E-state index in [0.29, 0.717) is 10.2 Å². The molecule has 5 heterocycles. The van der Waals surface area contributed by atoms with E-state index >= 15 is 0 Å². The number of nitrogens with one attached hydrogen (secondary N) is 1. The Bertz CT molecular complexity index is 1560. The monoisotopic (exact) mass is 465 g/mol. The molecule has 0 aliphatic rings. The number of anilines is 1. The summed E-state index contributed by atoms with van der Waals surface area (Å²) in [5.41, 5.74) is -1.68. The third-order valence-electron chi connectivity index (χ3n) is 4.69. The molecule has 1 N–H and O–H groups in total. The number of alkyl halides is 3. The molecule has 5 aromatic heterocycles. The van der Waals surface area contributed by atoms with Gasteiger partial charge in [-0.25, -0.2) is 9.67 Å². The van der Waals surface area contributed by atoms with Gasteiger partial charge in [-0.1, -0.05) is 0 Å². The number of furan rings is 1. The van der Waals surface area contributed by atoms with Crippen LogP contribution in [0.1, 0.15) is 21.6 Å². The topological polar surface area (TPSA) is 140 Å². The fourth-order valence-corrected chi connectivity index (χ4v) is 3.29. The Morgan fingerprint density at radius 1 is 1.09 bits per heavy atom. The minimum atomic E-state index is -4.93. The van der Waals surface area contributed by atoms with Crippen LogP contribution in [0.3, 0.4) is 0 Å². The second-order valence-corrected chi connectivity index (χ2v) is 6.76. The zero-order valence-corrected chi connectivity index (χ0v) is 16.7. The highest BCUT2D eigenvalue weighted by Crippen LogP contribution is 2.35. The summed E-state index contributed by atoms with van der Waals surface area (Å²) in [5, 5.41) is 23.3. The van der Waals surface area contributed by atoms with Gasteiger partial charge < -0.3 is 9.73 Å². The summed E-state index contributed by atoms with van der Waals surface area (Å²) in [6.07, 6.45) is 2.39. The van der Waals surface area contributed by atoms with Crippen molar-refractivity contribution in [3.05, 3.63) is 72.3 Å². The van der Waals surface area contributed by atoms with Crippen molar-refractivity contribution in [3.8, 4) is 17.6 Å². The summed E-state index contributed by atoms with van der Waals surface area (Å²) in [6.45, 7) is 0. The van der Waals surface area contributed by atoms with Gasteiger partial charge >= 0.3 is 6.18 Å². The molecule has 0 bridgehead atoms. The predicted octanol–water partition coefficient (Wildman–Crippen LogP) is 3.13. The van der Waals surface area contributed by atoms with E-state index in [0.717, 1.165) is 11.0 Å². The lowest BCUT2D eigenvalue weighted by Gasteiger charge is -2.13. The van der Waals surface area contributed by atoms with Crippen molar-refractivity contribution in [1.82, 2.24) is 34.7 Å². The van der Waals surface area contributed by atoms with Gasteiger partial charge in [0.15, 0.2) is 17.1 Å². The maximum Gasteiger partial charge on any atom is 0.434 e. The molecular formula is C20H10F3N9O2. The average molecular weight is 465 g/mol. The van der Waals surface area contributed by atoms with Crippen LogP contribution in [0.25, 0.3) is 22.6 Å². The molecule has 0 aromatic carbocycles. The Hall–Kier alpha value is -5.06. The minimum Gasteiger partial charge on any atom is -0.460 e. The smallest absolute Gasteiger partial charge is 0.434 e. The Balaban J connectivity index is 1.53. The molecule has 5 aromatic rings. The molecule has 0 atom stereocenters. The normalized spacial score (nSPS) is 11.5. The van der Waals surface area contributed by atoms with Crippen LogP contribution in [-0.2, 0) is 6.18 Å². The first-order chi connectivity index (χ1) is 16.4. The molecular weight excluding hydrogens is 455 g/mol. The van der Waals surface area contributed by atoms with Crippen LogP contribution in [0.5, 0.6) is 0 Å². The van der Waals surface area contributed by atoms with Crippen molar-refractivity contribution < 1.29 is 22.4 Å². The number of fused-ring (bicyclic) bond motifs is 1. The lowest BCUT2D eigenvalue weighted by atomic mass is 10.2. The molecule has 0 aliphatic carbocycles. The van der Waals surface area contributed by atoms with Gasteiger partial charge in [-0.3, -0.25) is 9.78 Å². The van der Waals surface area contributed by atoms with E-state index in [2.05, 4.69) is 30.6 Å². The van der Waals surface area contributed by atoms with Gasteiger partial charge in [0.1, 0.15) is 22.8 Å². The van der Waals surface area contributed by atoms with Gasteiger partial charge in [0, 0.05) is 12.3 Å². The molecule has 34 heavy (non-hydrogen) atoms. The van der Waals surface area contributed by atoms with Crippen molar-refractivity contribution >= 4 is 22.7 Å². The van der Waals surface area contributed by atoms with E-state index in [1.807, 2.05) is 6.07 Å². The first-order valence-electron chi connectivity index (χ1n) is 9.43. The lowest BCUT2D eigenvalue weighted by Crippen LogP contribution is -2.21. The number of nitrogens with zero attached hydrogens (tertiary/aromatic N) is 8. The summed E-state index contributed by atoms with van der Waals surface area (Å²) in [4.78, 5) is 22.0. The number of amides is 1. The number of aromatic nitrogens is 7. The first-order valence-corrected chi connectivity index (χ1v) is 9.43. The molecule has 0 radical (unpaired) electrons. The standard InChI is InChI=1S/C20H10F3N9O2/c21-20(22,23)17-13(10-29-31(17)15-1-3-25-14-2-6-34-16(14)15)19(33)30-12-7-11(8-24)18(26-9-12)32-27-4-5-28-32/h1-7,9-10H,(H,30,33). The number of hydrogen-bond acceptors (Lipinski definition) is 8. The molecule has 5 rings (SSSR count). The molecule has 11 nitrogen and oxygen atoms in total. The number of pyridine rings is 2. The Kier molecular flexibility index (Phi) is 4.79. The highest BCUT2D eigenvalue weighted by molar-refractivity contribution is 6.05.